The lowest BCUT2D eigenvalue weighted by Crippen LogP contribution is -2.41. The topological polar surface area (TPSA) is 98.0 Å². The summed E-state index contributed by atoms with van der Waals surface area (Å²) in [6, 6.07) is 4.35. The molecule has 0 fully saturated rings. The van der Waals surface area contributed by atoms with E-state index in [0.29, 0.717) is 5.52 Å². The van der Waals surface area contributed by atoms with Crippen LogP contribution in [0.5, 0.6) is 0 Å². The van der Waals surface area contributed by atoms with Crippen molar-refractivity contribution < 1.29 is 17.2 Å². The second kappa shape index (κ2) is 6.22. The first-order valence-electron chi connectivity index (χ1n) is 5.14. The van der Waals surface area contributed by atoms with Crippen molar-refractivity contribution in [3.8, 4) is 0 Å². The van der Waals surface area contributed by atoms with Crippen molar-refractivity contribution in [2.45, 2.75) is 10.8 Å². The van der Waals surface area contributed by atoms with Gasteiger partial charge in [-0.3, -0.25) is 0 Å². The van der Waals surface area contributed by atoms with Gasteiger partial charge in [0, 0.05) is 0 Å². The van der Waals surface area contributed by atoms with Crippen LogP contribution < -0.4 is 10.5 Å². The van der Waals surface area contributed by atoms with E-state index < -0.39 is 29.0 Å². The lowest BCUT2D eigenvalue weighted by Gasteiger charge is -2.14. The summed E-state index contributed by atoms with van der Waals surface area (Å²) in [7, 11) is -4.08. The van der Waals surface area contributed by atoms with Crippen LogP contribution in [0.3, 0.4) is 0 Å². The number of aromatic nitrogens is 2. The molecule has 1 aromatic carbocycles. The van der Waals surface area contributed by atoms with Gasteiger partial charge in [-0.2, -0.15) is 8.75 Å². The van der Waals surface area contributed by atoms with Crippen molar-refractivity contribution in [1.82, 2.24) is 13.5 Å². The normalized spacial score (nSPS) is 12.3. The summed E-state index contributed by atoms with van der Waals surface area (Å²) in [6.07, 6.45) is 0. The molecule has 0 saturated carbocycles. The summed E-state index contributed by atoms with van der Waals surface area (Å²) in [5.74, 6) is -3.29. The number of nitrogens with two attached hydrogens (primary N) is 1. The molecule has 0 atom stereocenters. The molecule has 0 bridgehead atoms. The maximum absolute atomic E-state index is 13.0. The number of rotatable bonds is 5. The van der Waals surface area contributed by atoms with Crippen LogP contribution in [-0.4, -0.2) is 36.2 Å². The molecule has 6 nitrogen and oxygen atoms in total. The monoisotopic (exact) mass is 344 g/mol. The minimum absolute atomic E-state index is 0. The number of benzene rings is 1. The van der Waals surface area contributed by atoms with Gasteiger partial charge >= 0.3 is 0 Å². The van der Waals surface area contributed by atoms with Crippen LogP contribution in [0.25, 0.3) is 11.0 Å². The highest BCUT2D eigenvalue weighted by molar-refractivity contribution is 7.89. The molecule has 0 unspecified atom stereocenters. The van der Waals surface area contributed by atoms with E-state index in [-0.39, 0.29) is 22.8 Å². The molecule has 112 valence electrons. The summed E-state index contributed by atoms with van der Waals surface area (Å²) in [4.78, 5) is -0.174. The molecular weight excluding hydrogens is 334 g/mol. The van der Waals surface area contributed by atoms with Crippen LogP contribution in [-0.2, 0) is 10.0 Å². The number of halogens is 3. The summed E-state index contributed by atoms with van der Waals surface area (Å²) < 4.78 is 59.4. The lowest BCUT2D eigenvalue weighted by atomic mass is 10.3. The predicted octanol–water partition coefficient (Wildman–Crippen LogP) is 0.985. The first-order chi connectivity index (χ1) is 8.86. The van der Waals surface area contributed by atoms with Crippen molar-refractivity contribution in [1.29, 1.82) is 0 Å². The van der Waals surface area contributed by atoms with Gasteiger partial charge in [-0.1, -0.05) is 6.07 Å². The van der Waals surface area contributed by atoms with E-state index in [1.165, 1.54) is 12.1 Å². The Morgan fingerprint density at radius 3 is 2.70 bits per heavy atom. The van der Waals surface area contributed by atoms with Crippen molar-refractivity contribution in [3.63, 3.8) is 0 Å². The fourth-order valence-corrected chi connectivity index (χ4v) is 3.18. The highest BCUT2D eigenvalue weighted by atomic mass is 35.5. The molecule has 2 rings (SSSR count). The SMILES string of the molecule is Cl.NCC(F)(F)CNS(=O)(=O)c1cccc2nsnc12. The molecule has 20 heavy (non-hydrogen) atoms. The molecule has 3 N–H and O–H groups in total. The zero-order chi connectivity index (χ0) is 14.1. The Hall–Kier alpha value is -0.940. The van der Waals surface area contributed by atoms with Crippen LogP contribution >= 0.6 is 24.1 Å². The van der Waals surface area contributed by atoms with Crippen LogP contribution in [0.1, 0.15) is 0 Å². The largest absolute Gasteiger partial charge is 0.325 e. The highest BCUT2D eigenvalue weighted by Crippen LogP contribution is 2.21. The number of hydrogen-bond donors (Lipinski definition) is 2. The van der Waals surface area contributed by atoms with Crippen LogP contribution in [0, 0.1) is 0 Å². The van der Waals surface area contributed by atoms with Gasteiger partial charge in [-0.25, -0.2) is 21.9 Å². The van der Waals surface area contributed by atoms with Gasteiger partial charge in [-0.15, -0.1) is 12.4 Å². The first-order valence-corrected chi connectivity index (χ1v) is 7.36. The van der Waals surface area contributed by atoms with E-state index in [0.717, 1.165) is 11.7 Å². The zero-order valence-electron chi connectivity index (χ0n) is 9.92. The van der Waals surface area contributed by atoms with Gasteiger partial charge in [0.15, 0.2) is 0 Å². The van der Waals surface area contributed by atoms with Gasteiger partial charge in [0.1, 0.15) is 15.9 Å². The molecule has 0 amide bonds. The van der Waals surface area contributed by atoms with Crippen molar-refractivity contribution in [2.75, 3.05) is 13.1 Å². The van der Waals surface area contributed by atoms with Crippen molar-refractivity contribution in [3.05, 3.63) is 18.2 Å². The maximum Gasteiger partial charge on any atom is 0.273 e. The Balaban J connectivity index is 0.00000200. The minimum atomic E-state index is -4.08. The van der Waals surface area contributed by atoms with Gasteiger partial charge in [0.25, 0.3) is 5.92 Å². The molecule has 0 saturated heterocycles. The molecular formula is C9H11ClF2N4O2S2. The predicted molar refractivity (Wildman–Crippen MR) is 73.9 cm³/mol. The van der Waals surface area contributed by atoms with E-state index in [9.17, 15) is 17.2 Å². The number of nitrogens with one attached hydrogen (secondary N) is 1. The summed E-state index contributed by atoms with van der Waals surface area (Å²) in [5, 5.41) is 0. The van der Waals surface area contributed by atoms with Gasteiger partial charge in [0.2, 0.25) is 10.0 Å². The average molecular weight is 345 g/mol. The Bertz CT molecular complexity index is 692. The van der Waals surface area contributed by atoms with E-state index >= 15 is 0 Å². The third kappa shape index (κ3) is 3.58. The third-order valence-corrected chi connectivity index (χ3v) is 4.33. The van der Waals surface area contributed by atoms with E-state index in [1.807, 2.05) is 4.72 Å². The molecule has 2 aromatic rings. The molecule has 0 aliphatic heterocycles. The second-order valence-corrected chi connectivity index (χ2v) is 6.04. The number of fused-ring (bicyclic) bond motifs is 1. The fourth-order valence-electron chi connectivity index (χ4n) is 1.35. The Morgan fingerprint density at radius 2 is 2.05 bits per heavy atom. The first kappa shape index (κ1) is 17.1. The molecule has 1 aromatic heterocycles. The van der Waals surface area contributed by atoms with E-state index in [4.69, 9.17) is 5.73 Å². The minimum Gasteiger partial charge on any atom is -0.325 e. The van der Waals surface area contributed by atoms with Crippen molar-refractivity contribution >= 4 is 45.2 Å². The van der Waals surface area contributed by atoms with Crippen LogP contribution in [0.4, 0.5) is 8.78 Å². The van der Waals surface area contributed by atoms with Gasteiger partial charge < -0.3 is 5.73 Å². The molecule has 0 aliphatic rings. The molecule has 0 aliphatic carbocycles. The fraction of sp³-hybridized carbons (Fsp3) is 0.333. The van der Waals surface area contributed by atoms with Crippen LogP contribution in [0.15, 0.2) is 23.1 Å². The van der Waals surface area contributed by atoms with E-state index in [1.54, 1.807) is 6.07 Å². The second-order valence-electron chi connectivity index (χ2n) is 3.77. The summed E-state index contributed by atoms with van der Waals surface area (Å²) in [6.45, 7) is -1.99. The summed E-state index contributed by atoms with van der Waals surface area (Å²) >= 11 is 0.851. The van der Waals surface area contributed by atoms with E-state index in [2.05, 4.69) is 8.75 Å². The Labute approximate surface area is 124 Å². The molecule has 11 heteroatoms. The molecule has 0 spiro atoms. The standard InChI is InChI=1S/C9H10F2N4O2S2.ClH/c10-9(11,4-12)5-13-19(16,17)7-3-1-2-6-8(7)15-18-14-6;/h1-3,13H,4-5,12H2;1H. The average Bonchev–Trinajstić information content (AvgIpc) is 2.84. The Morgan fingerprint density at radius 1 is 1.35 bits per heavy atom. The van der Waals surface area contributed by atoms with Crippen LogP contribution in [0.2, 0.25) is 0 Å². The third-order valence-electron chi connectivity index (χ3n) is 2.36. The Kier molecular flexibility index (Phi) is 5.33. The molecule has 0 radical (unpaired) electrons. The van der Waals surface area contributed by atoms with Gasteiger partial charge in [-0.05, 0) is 12.1 Å². The number of nitrogens with zero attached hydrogens (tertiary/aromatic N) is 2. The zero-order valence-corrected chi connectivity index (χ0v) is 12.4. The maximum atomic E-state index is 13.0. The lowest BCUT2D eigenvalue weighted by molar-refractivity contribution is 0.0170. The highest BCUT2D eigenvalue weighted by Gasteiger charge is 2.30. The number of alkyl halides is 2. The quantitative estimate of drug-likeness (QED) is 0.842. The molecule has 1 heterocycles. The number of hydrogen-bond acceptors (Lipinski definition) is 6. The number of sulfonamides is 1. The smallest absolute Gasteiger partial charge is 0.273 e. The van der Waals surface area contributed by atoms with Gasteiger partial charge in [0.05, 0.1) is 24.8 Å². The summed E-state index contributed by atoms with van der Waals surface area (Å²) in [5.41, 5.74) is 5.41. The van der Waals surface area contributed by atoms with Crippen molar-refractivity contribution in [2.24, 2.45) is 5.73 Å².